The second-order valence-corrected chi connectivity index (χ2v) is 14.1. The lowest BCUT2D eigenvalue weighted by molar-refractivity contribution is -0.00259. The van der Waals surface area contributed by atoms with E-state index in [4.69, 9.17) is 5.84 Å². The molecule has 0 bridgehead atoms. The fourth-order valence-corrected chi connectivity index (χ4v) is 8.73. The average Bonchev–Trinajstić information content (AvgIpc) is 3.62. The normalized spacial score (nSPS) is 18.6. The van der Waals surface area contributed by atoms with Crippen molar-refractivity contribution in [2.24, 2.45) is 5.84 Å². The van der Waals surface area contributed by atoms with Crippen molar-refractivity contribution in [3.63, 3.8) is 0 Å². The smallest absolute Gasteiger partial charge is 0.194 e. The Morgan fingerprint density at radius 3 is 2.22 bits per heavy atom. The molecule has 41 heavy (non-hydrogen) atoms. The molecule has 6 nitrogen and oxygen atoms in total. The number of carbonyl (C=O) groups is 2. The Balaban J connectivity index is 1.33. The average molecular weight is 760 g/mol. The Hall–Kier alpha value is -2.03. The second kappa shape index (κ2) is 12.3. The first kappa shape index (κ1) is 29.1. The SMILES string of the molecule is C=CCN1CCc2c(C(=O)c3ccc(Br)cc3)csc2C1N(N)C1NCCc2c(C(=O)c3ccc(I)cc3)csc21. The molecule has 2 aliphatic rings. The summed E-state index contributed by atoms with van der Waals surface area (Å²) in [5, 5.41) is 9.44. The number of rotatable bonds is 8. The molecule has 2 aromatic heterocycles. The van der Waals surface area contributed by atoms with Crippen LogP contribution in [-0.4, -0.2) is 41.1 Å². The van der Waals surface area contributed by atoms with Crippen LogP contribution in [0.4, 0.5) is 0 Å². The number of fused-ring (bicyclic) bond motifs is 2. The molecule has 2 atom stereocenters. The molecule has 0 amide bonds. The lowest BCUT2D eigenvalue weighted by atomic mass is 9.94. The van der Waals surface area contributed by atoms with Gasteiger partial charge in [-0.3, -0.25) is 25.6 Å². The van der Waals surface area contributed by atoms with Gasteiger partial charge < -0.3 is 0 Å². The fraction of sp³-hybridized carbons (Fsp3) is 0.226. The molecular weight excluding hydrogens is 731 g/mol. The summed E-state index contributed by atoms with van der Waals surface area (Å²) < 4.78 is 2.04. The minimum Gasteiger partial charge on any atom is -0.296 e. The van der Waals surface area contributed by atoms with Gasteiger partial charge in [0.05, 0.1) is 0 Å². The van der Waals surface area contributed by atoms with Crippen molar-refractivity contribution in [1.82, 2.24) is 15.2 Å². The summed E-state index contributed by atoms with van der Waals surface area (Å²) in [6.07, 6.45) is 2.93. The first-order valence-electron chi connectivity index (χ1n) is 13.3. The van der Waals surface area contributed by atoms with Crippen molar-refractivity contribution in [3.8, 4) is 0 Å². The predicted molar refractivity (Wildman–Crippen MR) is 177 cm³/mol. The van der Waals surface area contributed by atoms with Crippen LogP contribution in [0, 0.1) is 3.57 Å². The van der Waals surface area contributed by atoms with E-state index in [-0.39, 0.29) is 23.9 Å². The van der Waals surface area contributed by atoms with Crippen molar-refractivity contribution in [2.45, 2.75) is 25.2 Å². The molecule has 2 aromatic carbocycles. The number of nitrogens with one attached hydrogen (secondary N) is 1. The molecule has 0 aliphatic carbocycles. The van der Waals surface area contributed by atoms with E-state index in [1.165, 1.54) is 0 Å². The minimum absolute atomic E-state index is 0.0320. The summed E-state index contributed by atoms with van der Waals surface area (Å²) in [5.74, 6) is 7.11. The van der Waals surface area contributed by atoms with Gasteiger partial charge in [0.25, 0.3) is 0 Å². The van der Waals surface area contributed by atoms with Crippen LogP contribution in [0.3, 0.4) is 0 Å². The molecule has 0 saturated carbocycles. The molecular formula is C31H28BrIN4O2S2. The van der Waals surface area contributed by atoms with Crippen molar-refractivity contribution in [1.29, 1.82) is 0 Å². The van der Waals surface area contributed by atoms with E-state index < -0.39 is 0 Å². The van der Waals surface area contributed by atoms with Gasteiger partial charge >= 0.3 is 0 Å². The molecule has 0 radical (unpaired) electrons. The Kier molecular flexibility index (Phi) is 8.71. The van der Waals surface area contributed by atoms with Crippen LogP contribution in [0.5, 0.6) is 0 Å². The van der Waals surface area contributed by atoms with Crippen molar-refractivity contribution < 1.29 is 9.59 Å². The molecule has 210 valence electrons. The van der Waals surface area contributed by atoms with Crippen LogP contribution >= 0.6 is 61.2 Å². The number of halogens is 2. The van der Waals surface area contributed by atoms with Crippen molar-refractivity contribution in [3.05, 3.63) is 123 Å². The molecule has 0 fully saturated rings. The molecule has 0 spiro atoms. The fourth-order valence-electron chi connectivity index (χ4n) is 5.68. The number of thiophene rings is 2. The number of benzene rings is 2. The Morgan fingerprint density at radius 2 is 1.59 bits per heavy atom. The number of carbonyl (C=O) groups excluding carboxylic acids is 2. The first-order valence-corrected chi connectivity index (χ1v) is 16.9. The molecule has 3 N–H and O–H groups in total. The molecule has 2 unspecified atom stereocenters. The minimum atomic E-state index is -0.266. The van der Waals surface area contributed by atoms with Crippen LogP contribution in [0.15, 0.2) is 76.4 Å². The van der Waals surface area contributed by atoms with Crippen LogP contribution in [0.2, 0.25) is 0 Å². The molecule has 0 saturated heterocycles. The third-order valence-electron chi connectivity index (χ3n) is 7.69. The molecule has 2 aliphatic heterocycles. The summed E-state index contributed by atoms with van der Waals surface area (Å²) in [6, 6.07) is 15.2. The maximum absolute atomic E-state index is 13.5. The maximum atomic E-state index is 13.5. The van der Waals surface area contributed by atoms with Crippen LogP contribution in [0.1, 0.15) is 65.1 Å². The zero-order valence-electron chi connectivity index (χ0n) is 22.1. The van der Waals surface area contributed by atoms with Gasteiger partial charge in [0, 0.05) is 70.4 Å². The number of ketones is 2. The summed E-state index contributed by atoms with van der Waals surface area (Å²) >= 11 is 8.88. The second-order valence-electron chi connectivity index (χ2n) is 10.1. The van der Waals surface area contributed by atoms with Crippen LogP contribution < -0.4 is 11.2 Å². The highest BCUT2D eigenvalue weighted by Crippen LogP contribution is 2.43. The Bertz CT molecular complexity index is 1620. The van der Waals surface area contributed by atoms with E-state index >= 15 is 0 Å². The Morgan fingerprint density at radius 1 is 1.00 bits per heavy atom. The standard InChI is InChI=1S/C31H28BrIN4O2S2/c1-2-14-36-15-12-23-25(26(38)18-3-7-20(32)8-4-18)17-41-29(23)31(36)37(34)30-28-22(11-13-35-30)24(16-40-28)27(39)19-5-9-21(33)10-6-19/h2-10,16-17,30-31,35H,1,11-15,34H2. The zero-order valence-corrected chi connectivity index (χ0v) is 27.5. The highest BCUT2D eigenvalue weighted by Gasteiger charge is 2.40. The third-order valence-corrected chi connectivity index (χ3v) is 11.1. The third kappa shape index (κ3) is 5.56. The van der Waals surface area contributed by atoms with Gasteiger partial charge in [0.1, 0.15) is 12.3 Å². The van der Waals surface area contributed by atoms with E-state index in [0.717, 1.165) is 59.4 Å². The molecule has 6 rings (SSSR count). The highest BCUT2D eigenvalue weighted by atomic mass is 127. The van der Waals surface area contributed by atoms with Gasteiger partial charge in [-0.2, -0.15) is 0 Å². The van der Waals surface area contributed by atoms with Gasteiger partial charge in [-0.25, -0.2) is 5.01 Å². The largest absolute Gasteiger partial charge is 0.296 e. The first-order chi connectivity index (χ1) is 19.9. The van der Waals surface area contributed by atoms with Crippen LogP contribution in [-0.2, 0) is 12.8 Å². The van der Waals surface area contributed by atoms with Crippen LogP contribution in [0.25, 0.3) is 0 Å². The van der Waals surface area contributed by atoms with Gasteiger partial charge in [-0.15, -0.1) is 29.3 Å². The summed E-state index contributed by atoms with van der Waals surface area (Å²) in [4.78, 5) is 31.4. The quantitative estimate of drug-likeness (QED) is 0.0685. The highest BCUT2D eigenvalue weighted by molar-refractivity contribution is 14.1. The van der Waals surface area contributed by atoms with E-state index in [0.29, 0.717) is 24.2 Å². The van der Waals surface area contributed by atoms with E-state index in [9.17, 15) is 9.59 Å². The topological polar surface area (TPSA) is 78.7 Å². The number of hydrazine groups is 1. The van der Waals surface area contributed by atoms with Crippen molar-refractivity contribution in [2.75, 3.05) is 19.6 Å². The number of nitrogens with two attached hydrogens (primary N) is 1. The Labute approximate surface area is 269 Å². The van der Waals surface area contributed by atoms with Gasteiger partial charge in [-0.1, -0.05) is 22.0 Å². The lowest BCUT2D eigenvalue weighted by Gasteiger charge is -2.44. The van der Waals surface area contributed by atoms with Gasteiger partial charge in [0.15, 0.2) is 11.6 Å². The number of hydrogen-bond acceptors (Lipinski definition) is 8. The number of hydrogen-bond donors (Lipinski definition) is 2. The van der Waals surface area contributed by atoms with Crippen molar-refractivity contribution >= 4 is 72.8 Å². The molecule has 4 heterocycles. The molecule has 10 heteroatoms. The van der Waals surface area contributed by atoms with Gasteiger partial charge in [0.2, 0.25) is 0 Å². The maximum Gasteiger partial charge on any atom is 0.194 e. The van der Waals surface area contributed by atoms with E-state index in [2.05, 4.69) is 55.3 Å². The van der Waals surface area contributed by atoms with E-state index in [1.807, 2.05) is 70.4 Å². The monoisotopic (exact) mass is 758 g/mol. The lowest BCUT2D eigenvalue weighted by Crippen LogP contribution is -2.54. The summed E-state index contributed by atoms with van der Waals surface area (Å²) in [6.45, 7) is 6.13. The van der Waals surface area contributed by atoms with E-state index in [1.54, 1.807) is 22.7 Å². The van der Waals surface area contributed by atoms with Gasteiger partial charge in [-0.05, 0) is 95.1 Å². The summed E-state index contributed by atoms with van der Waals surface area (Å²) in [7, 11) is 0. The number of nitrogens with zero attached hydrogens (tertiary/aromatic N) is 2. The summed E-state index contributed by atoms with van der Waals surface area (Å²) in [5.41, 5.74) is 5.02. The zero-order chi connectivity index (χ0) is 28.7. The molecule has 4 aromatic rings. The predicted octanol–water partition coefficient (Wildman–Crippen LogP) is 6.70.